The molecule has 2 rings (SSSR count). The number of thiazole rings is 1. The molecule has 0 saturated carbocycles. The van der Waals surface area contributed by atoms with Crippen molar-refractivity contribution < 1.29 is 4.74 Å². The summed E-state index contributed by atoms with van der Waals surface area (Å²) < 4.78 is 5.07. The van der Waals surface area contributed by atoms with Crippen molar-refractivity contribution >= 4 is 11.3 Å². The quantitative estimate of drug-likeness (QED) is 0.793. The third kappa shape index (κ3) is 2.07. The first-order valence-electron chi connectivity index (χ1n) is 4.50. The van der Waals surface area contributed by atoms with Gasteiger partial charge in [0.05, 0.1) is 24.9 Å². The molecule has 0 radical (unpaired) electrons. The van der Waals surface area contributed by atoms with Crippen molar-refractivity contribution in [2.75, 3.05) is 13.2 Å². The van der Waals surface area contributed by atoms with E-state index in [-0.39, 0.29) is 0 Å². The van der Waals surface area contributed by atoms with E-state index in [1.165, 1.54) is 9.88 Å². The molecule has 0 spiro atoms. The highest BCUT2D eigenvalue weighted by Crippen LogP contribution is 2.16. The number of aromatic nitrogens is 1. The zero-order valence-electron chi connectivity index (χ0n) is 7.96. The van der Waals surface area contributed by atoms with Crippen LogP contribution in [0.4, 0.5) is 0 Å². The lowest BCUT2D eigenvalue weighted by Crippen LogP contribution is -2.45. The molecule has 1 fully saturated rings. The average Bonchev–Trinajstić information content (AvgIpc) is 2.28. The number of aryl methyl sites for hydroxylation is 2. The molecule has 2 heterocycles. The molecular weight excluding hydrogens is 184 g/mol. The van der Waals surface area contributed by atoms with E-state index in [0.29, 0.717) is 6.04 Å². The van der Waals surface area contributed by atoms with Crippen LogP contribution in [-0.2, 0) is 11.3 Å². The van der Waals surface area contributed by atoms with Crippen LogP contribution in [0, 0.1) is 13.8 Å². The fourth-order valence-electron chi connectivity index (χ4n) is 1.20. The van der Waals surface area contributed by atoms with E-state index in [1.807, 2.05) is 0 Å². The Hall–Kier alpha value is -0.450. The van der Waals surface area contributed by atoms with E-state index < -0.39 is 0 Å². The van der Waals surface area contributed by atoms with Gasteiger partial charge in [-0.2, -0.15) is 0 Å². The summed E-state index contributed by atoms with van der Waals surface area (Å²) in [6.07, 6.45) is 0. The van der Waals surface area contributed by atoms with E-state index in [1.54, 1.807) is 11.3 Å². The second-order valence-corrected chi connectivity index (χ2v) is 4.65. The molecule has 1 aromatic rings. The van der Waals surface area contributed by atoms with Gasteiger partial charge in [0.15, 0.2) is 0 Å². The summed E-state index contributed by atoms with van der Waals surface area (Å²) in [4.78, 5) is 5.78. The maximum Gasteiger partial charge on any atom is 0.107 e. The zero-order chi connectivity index (χ0) is 9.26. The molecule has 1 aromatic heterocycles. The van der Waals surface area contributed by atoms with Crippen LogP contribution >= 0.6 is 11.3 Å². The summed E-state index contributed by atoms with van der Waals surface area (Å²) in [6, 6.07) is 0.546. The van der Waals surface area contributed by atoms with Crippen LogP contribution in [0.15, 0.2) is 0 Å². The topological polar surface area (TPSA) is 34.2 Å². The van der Waals surface area contributed by atoms with Gasteiger partial charge in [-0.05, 0) is 13.8 Å². The fraction of sp³-hybridized carbons (Fsp3) is 0.667. The molecule has 0 aromatic carbocycles. The van der Waals surface area contributed by atoms with E-state index >= 15 is 0 Å². The number of rotatable bonds is 3. The highest BCUT2D eigenvalue weighted by Gasteiger charge is 2.17. The fourth-order valence-corrected chi connectivity index (χ4v) is 2.08. The van der Waals surface area contributed by atoms with Crippen molar-refractivity contribution in [3.8, 4) is 0 Å². The highest BCUT2D eigenvalue weighted by atomic mass is 32.1. The van der Waals surface area contributed by atoms with E-state index in [4.69, 9.17) is 4.74 Å². The van der Waals surface area contributed by atoms with Crippen LogP contribution in [-0.4, -0.2) is 24.2 Å². The standard InChI is InChI=1S/C9H14N2OS/c1-6-7(2)13-9(11-6)3-10-8-4-12-5-8/h8,10H,3-5H2,1-2H3. The summed E-state index contributed by atoms with van der Waals surface area (Å²) in [5.74, 6) is 0. The Balaban J connectivity index is 1.86. The smallest absolute Gasteiger partial charge is 0.107 e. The molecule has 0 aliphatic carbocycles. The van der Waals surface area contributed by atoms with Gasteiger partial charge in [-0.15, -0.1) is 11.3 Å². The maximum atomic E-state index is 5.07. The maximum absolute atomic E-state index is 5.07. The summed E-state index contributed by atoms with van der Waals surface area (Å²) in [5, 5.41) is 4.58. The Kier molecular flexibility index (Phi) is 2.62. The third-order valence-corrected chi connectivity index (χ3v) is 3.33. The molecule has 0 unspecified atom stereocenters. The van der Waals surface area contributed by atoms with Crippen LogP contribution in [0.3, 0.4) is 0 Å². The Morgan fingerprint density at radius 3 is 2.77 bits per heavy atom. The Morgan fingerprint density at radius 1 is 1.54 bits per heavy atom. The van der Waals surface area contributed by atoms with Crippen molar-refractivity contribution in [1.29, 1.82) is 0 Å². The first-order chi connectivity index (χ1) is 6.25. The number of ether oxygens (including phenoxy) is 1. The average molecular weight is 198 g/mol. The SMILES string of the molecule is Cc1nc(CNC2COC2)sc1C. The minimum absolute atomic E-state index is 0.546. The van der Waals surface area contributed by atoms with Crippen LogP contribution in [0.2, 0.25) is 0 Å². The van der Waals surface area contributed by atoms with Crippen LogP contribution in [0.25, 0.3) is 0 Å². The van der Waals surface area contributed by atoms with Crippen molar-refractivity contribution in [3.05, 3.63) is 15.6 Å². The highest BCUT2D eigenvalue weighted by molar-refractivity contribution is 7.11. The Labute approximate surface area is 82.1 Å². The molecule has 0 amide bonds. The van der Waals surface area contributed by atoms with Crippen molar-refractivity contribution in [1.82, 2.24) is 10.3 Å². The van der Waals surface area contributed by atoms with Crippen molar-refractivity contribution in [3.63, 3.8) is 0 Å². The number of hydrogen-bond acceptors (Lipinski definition) is 4. The number of nitrogens with zero attached hydrogens (tertiary/aromatic N) is 1. The van der Waals surface area contributed by atoms with Crippen LogP contribution < -0.4 is 5.32 Å². The predicted molar refractivity (Wildman–Crippen MR) is 53.0 cm³/mol. The monoisotopic (exact) mass is 198 g/mol. The molecule has 1 saturated heterocycles. The molecule has 13 heavy (non-hydrogen) atoms. The lowest BCUT2D eigenvalue weighted by Gasteiger charge is -2.26. The van der Waals surface area contributed by atoms with Gasteiger partial charge in [-0.3, -0.25) is 0 Å². The van der Waals surface area contributed by atoms with E-state index in [2.05, 4.69) is 24.1 Å². The largest absolute Gasteiger partial charge is 0.378 e. The normalized spacial score (nSPS) is 17.4. The van der Waals surface area contributed by atoms with Crippen molar-refractivity contribution in [2.45, 2.75) is 26.4 Å². The second-order valence-electron chi connectivity index (χ2n) is 3.36. The first kappa shape index (κ1) is 9.12. The van der Waals surface area contributed by atoms with Gasteiger partial charge >= 0.3 is 0 Å². The van der Waals surface area contributed by atoms with Crippen LogP contribution in [0.5, 0.6) is 0 Å². The van der Waals surface area contributed by atoms with E-state index in [9.17, 15) is 0 Å². The number of hydrogen-bond donors (Lipinski definition) is 1. The molecule has 1 aliphatic heterocycles. The van der Waals surface area contributed by atoms with Crippen LogP contribution in [0.1, 0.15) is 15.6 Å². The minimum atomic E-state index is 0.546. The summed E-state index contributed by atoms with van der Waals surface area (Å²) >= 11 is 1.78. The zero-order valence-corrected chi connectivity index (χ0v) is 8.78. The first-order valence-corrected chi connectivity index (χ1v) is 5.31. The van der Waals surface area contributed by atoms with Gasteiger partial charge in [0.1, 0.15) is 5.01 Å². The molecule has 3 nitrogen and oxygen atoms in total. The summed E-state index contributed by atoms with van der Waals surface area (Å²) in [5.41, 5.74) is 1.16. The summed E-state index contributed by atoms with van der Waals surface area (Å²) in [7, 11) is 0. The Bertz CT molecular complexity index is 274. The second kappa shape index (κ2) is 3.74. The van der Waals surface area contributed by atoms with Gasteiger partial charge in [-0.25, -0.2) is 4.98 Å². The lowest BCUT2D eigenvalue weighted by molar-refractivity contribution is -0.00579. The lowest BCUT2D eigenvalue weighted by atomic mass is 10.2. The molecule has 0 atom stereocenters. The Morgan fingerprint density at radius 2 is 2.31 bits per heavy atom. The van der Waals surface area contributed by atoms with Gasteiger partial charge in [0.25, 0.3) is 0 Å². The third-order valence-electron chi connectivity index (χ3n) is 2.25. The number of nitrogens with one attached hydrogen (secondary N) is 1. The summed E-state index contributed by atoms with van der Waals surface area (Å²) in [6.45, 7) is 6.75. The molecule has 4 heteroatoms. The van der Waals surface area contributed by atoms with E-state index in [0.717, 1.165) is 25.5 Å². The molecule has 72 valence electrons. The van der Waals surface area contributed by atoms with Gasteiger partial charge in [0, 0.05) is 11.4 Å². The van der Waals surface area contributed by atoms with Crippen molar-refractivity contribution in [2.24, 2.45) is 0 Å². The van der Waals surface area contributed by atoms with Gasteiger partial charge in [-0.1, -0.05) is 0 Å². The molecule has 1 N–H and O–H groups in total. The molecule has 1 aliphatic rings. The van der Waals surface area contributed by atoms with Gasteiger partial charge < -0.3 is 10.1 Å². The predicted octanol–water partition coefficient (Wildman–Crippen LogP) is 1.25. The minimum Gasteiger partial charge on any atom is -0.378 e. The van der Waals surface area contributed by atoms with Gasteiger partial charge in [0.2, 0.25) is 0 Å². The molecule has 0 bridgehead atoms. The molecular formula is C9H14N2OS.